The van der Waals surface area contributed by atoms with Crippen molar-refractivity contribution in [1.29, 1.82) is 0 Å². The van der Waals surface area contributed by atoms with Gasteiger partial charge in [0.2, 0.25) is 0 Å². The van der Waals surface area contributed by atoms with Crippen LogP contribution >= 0.6 is 15.9 Å². The lowest BCUT2D eigenvalue weighted by atomic mass is 10.2. The summed E-state index contributed by atoms with van der Waals surface area (Å²) in [6.07, 6.45) is 0. The summed E-state index contributed by atoms with van der Waals surface area (Å²) in [6, 6.07) is 6.74. The molecule has 114 valence electrons. The summed E-state index contributed by atoms with van der Waals surface area (Å²) in [5.41, 5.74) is 0.726. The van der Waals surface area contributed by atoms with E-state index in [4.69, 9.17) is 5.11 Å². The van der Waals surface area contributed by atoms with Gasteiger partial charge in [-0.25, -0.2) is 4.79 Å². The fourth-order valence-corrected chi connectivity index (χ4v) is 2.61. The van der Waals surface area contributed by atoms with Crippen LogP contribution in [0, 0.1) is 0 Å². The van der Waals surface area contributed by atoms with Crippen LogP contribution in [0.4, 0.5) is 10.5 Å². The molecule has 1 aromatic rings. The summed E-state index contributed by atoms with van der Waals surface area (Å²) in [6.45, 7) is 3.84. The van der Waals surface area contributed by atoms with E-state index in [1.54, 1.807) is 11.8 Å². The molecule has 7 heteroatoms. The van der Waals surface area contributed by atoms with Gasteiger partial charge in [0.15, 0.2) is 0 Å². The Hall–Kier alpha value is -1.60. The van der Waals surface area contributed by atoms with Crippen molar-refractivity contribution in [1.82, 2.24) is 9.80 Å². The number of carboxylic acid groups (broad SMARTS) is 1. The third-order valence-electron chi connectivity index (χ3n) is 3.62. The lowest BCUT2D eigenvalue weighted by molar-refractivity contribution is -0.143. The first kappa shape index (κ1) is 15.8. The Balaban J connectivity index is 1.89. The van der Waals surface area contributed by atoms with Gasteiger partial charge in [0, 0.05) is 30.7 Å². The average molecular weight is 356 g/mol. The Morgan fingerprint density at radius 1 is 1.24 bits per heavy atom. The second-order valence-electron chi connectivity index (χ2n) is 4.95. The smallest absolute Gasteiger partial charge is 0.321 e. The Morgan fingerprint density at radius 3 is 2.43 bits per heavy atom. The number of amides is 2. The number of anilines is 1. The molecule has 0 spiro atoms. The van der Waals surface area contributed by atoms with Crippen molar-refractivity contribution in [2.45, 2.75) is 13.0 Å². The minimum absolute atomic E-state index is 0.162. The zero-order valence-electron chi connectivity index (χ0n) is 11.8. The Morgan fingerprint density at radius 2 is 1.86 bits per heavy atom. The number of rotatable bonds is 3. The molecule has 0 saturated carbocycles. The lowest BCUT2D eigenvalue weighted by Crippen LogP contribution is -2.53. The number of nitrogens with one attached hydrogen (secondary N) is 1. The normalized spacial score (nSPS) is 17.3. The topological polar surface area (TPSA) is 72.9 Å². The van der Waals surface area contributed by atoms with Crippen molar-refractivity contribution in [3.05, 3.63) is 28.7 Å². The van der Waals surface area contributed by atoms with Crippen molar-refractivity contribution < 1.29 is 14.7 Å². The third-order valence-corrected chi connectivity index (χ3v) is 4.31. The van der Waals surface area contributed by atoms with Crippen molar-refractivity contribution in [2.24, 2.45) is 0 Å². The van der Waals surface area contributed by atoms with Gasteiger partial charge in [-0.15, -0.1) is 0 Å². The molecule has 1 unspecified atom stereocenters. The minimum atomic E-state index is -0.832. The first-order valence-corrected chi connectivity index (χ1v) is 7.55. The molecule has 1 atom stereocenters. The molecular formula is C14H18BrN3O3. The SMILES string of the molecule is CC(C(=O)O)N1CCN(C(=O)Nc2ccccc2Br)CC1. The molecule has 1 aromatic carbocycles. The molecule has 6 nitrogen and oxygen atoms in total. The van der Waals surface area contributed by atoms with Crippen LogP contribution in [0.3, 0.4) is 0 Å². The van der Waals surface area contributed by atoms with E-state index in [9.17, 15) is 9.59 Å². The first-order valence-electron chi connectivity index (χ1n) is 6.76. The van der Waals surface area contributed by atoms with Crippen LogP contribution in [0.1, 0.15) is 6.92 Å². The summed E-state index contributed by atoms with van der Waals surface area (Å²) in [5, 5.41) is 11.8. The fraction of sp³-hybridized carbons (Fsp3) is 0.429. The minimum Gasteiger partial charge on any atom is -0.480 e. The standard InChI is InChI=1S/C14H18BrN3O3/c1-10(13(19)20)17-6-8-18(9-7-17)14(21)16-12-5-3-2-4-11(12)15/h2-5,10H,6-9H2,1H3,(H,16,21)(H,19,20). The maximum atomic E-state index is 12.2. The van der Waals surface area contributed by atoms with E-state index in [0.29, 0.717) is 26.2 Å². The first-order chi connectivity index (χ1) is 9.99. The molecule has 0 radical (unpaired) electrons. The largest absolute Gasteiger partial charge is 0.480 e. The maximum absolute atomic E-state index is 12.2. The predicted octanol–water partition coefficient (Wildman–Crippen LogP) is 2.07. The van der Waals surface area contributed by atoms with Crippen molar-refractivity contribution >= 4 is 33.6 Å². The zero-order valence-corrected chi connectivity index (χ0v) is 13.3. The molecule has 0 aromatic heterocycles. The number of urea groups is 1. The van der Waals surface area contributed by atoms with Crippen LogP contribution in [0.2, 0.25) is 0 Å². The zero-order chi connectivity index (χ0) is 15.4. The molecule has 21 heavy (non-hydrogen) atoms. The maximum Gasteiger partial charge on any atom is 0.321 e. The summed E-state index contributed by atoms with van der Waals surface area (Å²) in [5.74, 6) is -0.832. The molecule has 2 N–H and O–H groups in total. The highest BCUT2D eigenvalue weighted by atomic mass is 79.9. The van der Waals surface area contributed by atoms with Crippen molar-refractivity contribution in [2.75, 3.05) is 31.5 Å². The van der Waals surface area contributed by atoms with Crippen LogP contribution in [-0.4, -0.2) is 59.1 Å². The van der Waals surface area contributed by atoms with Crippen LogP contribution < -0.4 is 5.32 Å². The number of benzene rings is 1. The number of hydrogen-bond acceptors (Lipinski definition) is 3. The molecule has 2 amide bonds. The third kappa shape index (κ3) is 3.95. The second kappa shape index (κ2) is 6.91. The van der Waals surface area contributed by atoms with E-state index in [1.807, 2.05) is 29.2 Å². The molecule has 0 aliphatic carbocycles. The highest BCUT2D eigenvalue weighted by Gasteiger charge is 2.27. The van der Waals surface area contributed by atoms with Gasteiger partial charge in [-0.1, -0.05) is 12.1 Å². The van der Waals surface area contributed by atoms with Crippen LogP contribution in [0.15, 0.2) is 28.7 Å². The monoisotopic (exact) mass is 355 g/mol. The van der Waals surface area contributed by atoms with E-state index in [1.165, 1.54) is 0 Å². The van der Waals surface area contributed by atoms with E-state index in [-0.39, 0.29) is 6.03 Å². The lowest BCUT2D eigenvalue weighted by Gasteiger charge is -2.36. The number of carbonyl (C=O) groups is 2. The number of nitrogens with zero attached hydrogens (tertiary/aromatic N) is 2. The van der Waals surface area contributed by atoms with Crippen LogP contribution in [0.5, 0.6) is 0 Å². The molecule has 2 rings (SSSR count). The van der Waals surface area contributed by atoms with E-state index in [2.05, 4.69) is 21.2 Å². The van der Waals surface area contributed by atoms with E-state index < -0.39 is 12.0 Å². The van der Waals surface area contributed by atoms with Gasteiger partial charge < -0.3 is 15.3 Å². The van der Waals surface area contributed by atoms with Crippen molar-refractivity contribution in [3.63, 3.8) is 0 Å². The number of carbonyl (C=O) groups excluding carboxylic acids is 1. The van der Waals surface area contributed by atoms with Gasteiger partial charge >= 0.3 is 12.0 Å². The summed E-state index contributed by atoms with van der Waals surface area (Å²) in [7, 11) is 0. The van der Waals surface area contributed by atoms with Crippen LogP contribution in [0.25, 0.3) is 0 Å². The highest BCUT2D eigenvalue weighted by molar-refractivity contribution is 9.10. The number of hydrogen-bond donors (Lipinski definition) is 2. The van der Waals surface area contributed by atoms with Gasteiger partial charge in [0.25, 0.3) is 0 Å². The molecule has 1 saturated heterocycles. The summed E-state index contributed by atoms with van der Waals surface area (Å²) in [4.78, 5) is 26.7. The molecule has 1 aliphatic heterocycles. The quantitative estimate of drug-likeness (QED) is 0.870. The van der Waals surface area contributed by atoms with E-state index >= 15 is 0 Å². The average Bonchev–Trinajstić information content (AvgIpc) is 2.49. The number of halogens is 1. The fourth-order valence-electron chi connectivity index (χ4n) is 2.23. The number of aliphatic carboxylic acids is 1. The molecule has 0 bridgehead atoms. The number of carboxylic acids is 1. The second-order valence-corrected chi connectivity index (χ2v) is 5.80. The highest BCUT2D eigenvalue weighted by Crippen LogP contribution is 2.21. The van der Waals surface area contributed by atoms with Gasteiger partial charge in [-0.05, 0) is 35.0 Å². The van der Waals surface area contributed by atoms with Gasteiger partial charge in [-0.3, -0.25) is 9.69 Å². The molecule has 1 fully saturated rings. The van der Waals surface area contributed by atoms with Gasteiger partial charge in [0.1, 0.15) is 6.04 Å². The van der Waals surface area contributed by atoms with E-state index in [0.717, 1.165) is 10.2 Å². The van der Waals surface area contributed by atoms with Crippen molar-refractivity contribution in [3.8, 4) is 0 Å². The number of para-hydroxylation sites is 1. The molecule has 1 heterocycles. The Bertz CT molecular complexity index is 530. The predicted molar refractivity (Wildman–Crippen MR) is 83.4 cm³/mol. The molecular weight excluding hydrogens is 338 g/mol. The Labute approximate surface area is 131 Å². The Kier molecular flexibility index (Phi) is 5.19. The van der Waals surface area contributed by atoms with Gasteiger partial charge in [0.05, 0.1) is 5.69 Å². The summed E-state index contributed by atoms with van der Waals surface area (Å²) >= 11 is 3.39. The summed E-state index contributed by atoms with van der Waals surface area (Å²) < 4.78 is 0.830. The molecule has 1 aliphatic rings. The van der Waals surface area contributed by atoms with Gasteiger partial charge in [-0.2, -0.15) is 0 Å². The number of piperazine rings is 1. The van der Waals surface area contributed by atoms with Crippen LogP contribution in [-0.2, 0) is 4.79 Å².